The lowest BCUT2D eigenvalue weighted by atomic mass is 9.93. The molecule has 272 valence electrons. The Balaban J connectivity index is 1.09. The van der Waals surface area contributed by atoms with Crippen LogP contribution in [-0.2, 0) is 0 Å². The highest BCUT2D eigenvalue weighted by Gasteiger charge is 2.24. The lowest BCUT2D eigenvalue weighted by molar-refractivity contribution is 1.07. The Morgan fingerprint density at radius 3 is 1.14 bits per heavy atom. The Kier molecular flexibility index (Phi) is 8.53. The topological polar surface area (TPSA) is 77.3 Å². The quantitative estimate of drug-likeness (QED) is 0.167. The van der Waals surface area contributed by atoms with Gasteiger partial charge in [0.15, 0.2) is 34.9 Å². The SMILES string of the molecule is Cc1ccc(-c2nc(-c3ccc(C)cc3)nc(-c3ccc4c(c3)Sc3cccc5c(-c6nc(-c7ccc(C)cc7)nc(-c7ccc(C)cc7)n6)ccc-4c35)n2)cc1. The van der Waals surface area contributed by atoms with Crippen LogP contribution in [0.4, 0.5) is 0 Å². The van der Waals surface area contributed by atoms with Crippen molar-refractivity contribution in [2.45, 2.75) is 37.5 Å². The average Bonchev–Trinajstić information content (AvgIpc) is 3.24. The zero-order chi connectivity index (χ0) is 38.6. The highest BCUT2D eigenvalue weighted by atomic mass is 32.2. The van der Waals surface area contributed by atoms with Gasteiger partial charge in [0.05, 0.1) is 0 Å². The maximum atomic E-state index is 5.11. The van der Waals surface area contributed by atoms with Crippen molar-refractivity contribution in [3.63, 3.8) is 0 Å². The van der Waals surface area contributed by atoms with Crippen LogP contribution in [0.5, 0.6) is 0 Å². The standard InChI is InChI=1S/C50H36N6S/c1-29-8-16-33(17-9-29)45-51-46(34-18-10-30(2)11-19-34)54-49(53-45)37-24-25-38-40-26-27-41(39-6-5-7-42(44(39)40)57-43(38)28-37)50-55-47(35-20-12-31(3)13-21-35)52-48(56-50)36-22-14-32(4)15-23-36/h5-28H,1-4H3. The number of hydrogen-bond donors (Lipinski definition) is 0. The molecule has 0 saturated carbocycles. The lowest BCUT2D eigenvalue weighted by Gasteiger charge is -2.22. The molecule has 0 bridgehead atoms. The van der Waals surface area contributed by atoms with Crippen LogP contribution >= 0.6 is 11.8 Å². The molecule has 0 fully saturated rings. The number of hydrogen-bond acceptors (Lipinski definition) is 7. The molecule has 57 heavy (non-hydrogen) atoms. The summed E-state index contributed by atoms with van der Waals surface area (Å²) in [5.41, 5.74) is 12.8. The van der Waals surface area contributed by atoms with Gasteiger partial charge in [-0.15, -0.1) is 0 Å². The minimum absolute atomic E-state index is 0.641. The first kappa shape index (κ1) is 34.6. The van der Waals surface area contributed by atoms with Crippen LogP contribution in [0.3, 0.4) is 0 Å². The monoisotopic (exact) mass is 752 g/mol. The molecule has 6 nitrogen and oxygen atoms in total. The van der Waals surface area contributed by atoms with E-state index in [1.165, 1.54) is 43.7 Å². The molecule has 7 aromatic carbocycles. The molecule has 9 aromatic rings. The molecule has 1 aliphatic heterocycles. The van der Waals surface area contributed by atoms with E-state index in [4.69, 9.17) is 29.9 Å². The first-order valence-electron chi connectivity index (χ1n) is 19.0. The summed E-state index contributed by atoms with van der Waals surface area (Å²) < 4.78 is 0. The van der Waals surface area contributed by atoms with E-state index in [9.17, 15) is 0 Å². The first-order valence-corrected chi connectivity index (χ1v) is 19.8. The Hall–Kier alpha value is -6.83. The van der Waals surface area contributed by atoms with Gasteiger partial charge in [0, 0.05) is 48.6 Å². The van der Waals surface area contributed by atoms with Crippen molar-refractivity contribution >= 4 is 22.5 Å². The Labute approximate surface area is 335 Å². The van der Waals surface area contributed by atoms with Gasteiger partial charge in [-0.25, -0.2) is 29.9 Å². The predicted octanol–water partition coefficient (Wildman–Crippen LogP) is 12.6. The third-order valence-corrected chi connectivity index (χ3v) is 11.6. The molecule has 0 radical (unpaired) electrons. The van der Waals surface area contributed by atoms with Crippen molar-refractivity contribution < 1.29 is 0 Å². The van der Waals surface area contributed by atoms with Crippen molar-refractivity contribution in [2.75, 3.05) is 0 Å². The van der Waals surface area contributed by atoms with E-state index in [1.54, 1.807) is 11.8 Å². The first-order chi connectivity index (χ1) is 27.8. The molecular weight excluding hydrogens is 717 g/mol. The zero-order valence-electron chi connectivity index (χ0n) is 31.9. The van der Waals surface area contributed by atoms with Crippen LogP contribution in [-0.4, -0.2) is 29.9 Å². The van der Waals surface area contributed by atoms with Gasteiger partial charge in [0.25, 0.3) is 0 Å². The Morgan fingerprint density at radius 2 is 0.684 bits per heavy atom. The van der Waals surface area contributed by atoms with E-state index >= 15 is 0 Å². The van der Waals surface area contributed by atoms with E-state index in [0.29, 0.717) is 34.9 Å². The third kappa shape index (κ3) is 6.56. The molecule has 2 aromatic heterocycles. The summed E-state index contributed by atoms with van der Waals surface area (Å²) in [5, 5.41) is 2.30. The van der Waals surface area contributed by atoms with E-state index < -0.39 is 0 Å². The van der Waals surface area contributed by atoms with E-state index in [0.717, 1.165) is 43.7 Å². The molecule has 0 amide bonds. The van der Waals surface area contributed by atoms with Gasteiger partial charge < -0.3 is 0 Å². The molecule has 0 spiro atoms. The van der Waals surface area contributed by atoms with Crippen LogP contribution in [0, 0.1) is 27.7 Å². The van der Waals surface area contributed by atoms with Gasteiger partial charge in [0.1, 0.15) is 0 Å². The minimum Gasteiger partial charge on any atom is -0.208 e. The fourth-order valence-electron chi connectivity index (χ4n) is 7.29. The third-order valence-electron chi connectivity index (χ3n) is 10.5. The number of nitrogens with zero attached hydrogens (tertiary/aromatic N) is 6. The Bertz CT molecular complexity index is 2870. The fourth-order valence-corrected chi connectivity index (χ4v) is 8.47. The van der Waals surface area contributed by atoms with E-state index in [1.807, 2.05) is 0 Å². The second kappa shape index (κ2) is 14.0. The molecule has 7 heteroatoms. The van der Waals surface area contributed by atoms with Gasteiger partial charge in [-0.1, -0.05) is 161 Å². The number of aromatic nitrogens is 6. The second-order valence-corrected chi connectivity index (χ2v) is 15.8. The lowest BCUT2D eigenvalue weighted by Crippen LogP contribution is -2.02. The summed E-state index contributed by atoms with van der Waals surface area (Å²) in [4.78, 5) is 32.5. The molecule has 1 aliphatic rings. The van der Waals surface area contributed by atoms with Crippen molar-refractivity contribution in [3.8, 4) is 79.5 Å². The van der Waals surface area contributed by atoms with Crippen LogP contribution < -0.4 is 0 Å². The van der Waals surface area contributed by atoms with Crippen LogP contribution in [0.1, 0.15) is 22.3 Å². The van der Waals surface area contributed by atoms with Crippen LogP contribution in [0.2, 0.25) is 0 Å². The number of fused-ring (bicyclic) bond motifs is 2. The molecule has 3 heterocycles. The average molecular weight is 753 g/mol. The zero-order valence-corrected chi connectivity index (χ0v) is 32.8. The fraction of sp³-hybridized carbons (Fsp3) is 0.0800. The maximum Gasteiger partial charge on any atom is 0.164 e. The molecule has 0 atom stereocenters. The highest BCUT2D eigenvalue weighted by Crippen LogP contribution is 2.50. The van der Waals surface area contributed by atoms with E-state index in [2.05, 4.69) is 173 Å². The highest BCUT2D eigenvalue weighted by molar-refractivity contribution is 7.99. The van der Waals surface area contributed by atoms with E-state index in [-0.39, 0.29) is 0 Å². The number of rotatable bonds is 6. The van der Waals surface area contributed by atoms with Gasteiger partial charge >= 0.3 is 0 Å². The van der Waals surface area contributed by atoms with Gasteiger partial charge in [-0.2, -0.15) is 0 Å². The molecule has 0 N–H and O–H groups in total. The summed E-state index contributed by atoms with van der Waals surface area (Å²) in [6.45, 7) is 8.35. The van der Waals surface area contributed by atoms with Crippen LogP contribution in [0.25, 0.3) is 90.2 Å². The summed E-state index contributed by atoms with van der Waals surface area (Å²) in [6.07, 6.45) is 0. The van der Waals surface area contributed by atoms with Gasteiger partial charge in [-0.3, -0.25) is 0 Å². The van der Waals surface area contributed by atoms with Gasteiger partial charge in [0.2, 0.25) is 0 Å². The Morgan fingerprint density at radius 1 is 0.316 bits per heavy atom. The minimum atomic E-state index is 0.641. The molecule has 0 unspecified atom stereocenters. The summed E-state index contributed by atoms with van der Waals surface area (Å²) in [5.74, 6) is 3.89. The smallest absolute Gasteiger partial charge is 0.164 e. The van der Waals surface area contributed by atoms with Crippen molar-refractivity contribution in [2.24, 2.45) is 0 Å². The van der Waals surface area contributed by atoms with Crippen molar-refractivity contribution in [1.29, 1.82) is 0 Å². The molecule has 0 saturated heterocycles. The molecule has 10 rings (SSSR count). The largest absolute Gasteiger partial charge is 0.208 e. The maximum absolute atomic E-state index is 5.11. The predicted molar refractivity (Wildman–Crippen MR) is 232 cm³/mol. The molecule has 0 aliphatic carbocycles. The summed E-state index contributed by atoms with van der Waals surface area (Å²) >= 11 is 1.77. The van der Waals surface area contributed by atoms with Crippen LogP contribution in [0.15, 0.2) is 155 Å². The van der Waals surface area contributed by atoms with Crippen molar-refractivity contribution in [1.82, 2.24) is 29.9 Å². The number of aryl methyl sites for hydroxylation is 4. The normalized spacial score (nSPS) is 11.8. The number of benzene rings is 7. The van der Waals surface area contributed by atoms with Gasteiger partial charge in [-0.05, 0) is 62.4 Å². The molecular formula is C50H36N6S. The second-order valence-electron chi connectivity index (χ2n) is 14.7. The summed E-state index contributed by atoms with van der Waals surface area (Å²) in [6, 6.07) is 50.8. The van der Waals surface area contributed by atoms with Crippen molar-refractivity contribution in [3.05, 3.63) is 168 Å². The summed E-state index contributed by atoms with van der Waals surface area (Å²) in [7, 11) is 0.